The zero-order valence-electron chi connectivity index (χ0n) is 10.4. The van der Waals surface area contributed by atoms with Crippen LogP contribution >= 0.6 is 0 Å². The summed E-state index contributed by atoms with van der Waals surface area (Å²) in [5, 5.41) is 3.33. The quantitative estimate of drug-likeness (QED) is 0.875. The maximum Gasteiger partial charge on any atom is 0.231 e. The summed E-state index contributed by atoms with van der Waals surface area (Å²) in [6.07, 6.45) is 0.0541. The molecule has 18 heavy (non-hydrogen) atoms. The van der Waals surface area contributed by atoms with Crippen LogP contribution in [0.25, 0.3) is 0 Å². The Morgan fingerprint density at radius 3 is 2.89 bits per heavy atom. The van der Waals surface area contributed by atoms with Crippen molar-refractivity contribution in [1.82, 2.24) is 5.32 Å². The lowest BCUT2D eigenvalue weighted by atomic mass is 10.0. The number of nitrogens with one attached hydrogen (secondary N) is 1. The Kier molecular flexibility index (Phi) is 3.36. The van der Waals surface area contributed by atoms with Crippen molar-refractivity contribution in [2.24, 2.45) is 0 Å². The van der Waals surface area contributed by atoms with Gasteiger partial charge in [-0.05, 0) is 23.3 Å². The average molecular weight is 251 g/mol. The van der Waals surface area contributed by atoms with Gasteiger partial charge in [-0.15, -0.1) is 0 Å². The van der Waals surface area contributed by atoms with Gasteiger partial charge in [-0.2, -0.15) is 0 Å². The van der Waals surface area contributed by atoms with E-state index in [1.807, 2.05) is 12.1 Å². The molecule has 0 bridgehead atoms. The van der Waals surface area contributed by atoms with Crippen LogP contribution in [0.15, 0.2) is 12.1 Å². The van der Waals surface area contributed by atoms with Gasteiger partial charge in [0.25, 0.3) is 0 Å². The highest BCUT2D eigenvalue weighted by Gasteiger charge is 2.23. The van der Waals surface area contributed by atoms with Gasteiger partial charge in [-0.1, -0.05) is 0 Å². The smallest absolute Gasteiger partial charge is 0.231 e. The van der Waals surface area contributed by atoms with Gasteiger partial charge in [0.1, 0.15) is 0 Å². The van der Waals surface area contributed by atoms with Crippen molar-refractivity contribution < 1.29 is 18.9 Å². The molecule has 0 spiro atoms. The molecule has 0 saturated carbocycles. The van der Waals surface area contributed by atoms with Crippen molar-refractivity contribution in [3.63, 3.8) is 0 Å². The fourth-order valence-electron chi connectivity index (χ4n) is 2.35. The molecule has 98 valence electrons. The molecular formula is C13H17NO4. The molecule has 1 saturated heterocycles. The predicted molar refractivity (Wildman–Crippen MR) is 64.8 cm³/mol. The van der Waals surface area contributed by atoms with Gasteiger partial charge in [0.15, 0.2) is 11.5 Å². The largest absolute Gasteiger partial charge is 0.454 e. The number of rotatable bonds is 3. The first kappa shape index (κ1) is 11.8. The third-order valence-corrected chi connectivity index (χ3v) is 3.21. The van der Waals surface area contributed by atoms with E-state index in [1.165, 1.54) is 0 Å². The van der Waals surface area contributed by atoms with E-state index in [0.29, 0.717) is 6.61 Å². The summed E-state index contributed by atoms with van der Waals surface area (Å²) in [4.78, 5) is 0. The number of ether oxygens (including phenoxy) is 4. The Morgan fingerprint density at radius 1 is 1.33 bits per heavy atom. The number of benzene rings is 1. The van der Waals surface area contributed by atoms with E-state index in [4.69, 9.17) is 18.9 Å². The van der Waals surface area contributed by atoms with E-state index in [-0.39, 0.29) is 12.9 Å². The minimum atomic E-state index is 0.0541. The number of hydrogen-bond acceptors (Lipinski definition) is 5. The van der Waals surface area contributed by atoms with E-state index in [2.05, 4.69) is 5.32 Å². The average Bonchev–Trinajstić information content (AvgIpc) is 2.86. The van der Waals surface area contributed by atoms with Crippen molar-refractivity contribution in [3.8, 4) is 11.5 Å². The number of morpholine rings is 1. The van der Waals surface area contributed by atoms with Crippen LogP contribution in [-0.2, 0) is 16.1 Å². The van der Waals surface area contributed by atoms with Crippen molar-refractivity contribution in [1.29, 1.82) is 0 Å². The van der Waals surface area contributed by atoms with Crippen molar-refractivity contribution in [2.45, 2.75) is 12.7 Å². The van der Waals surface area contributed by atoms with Crippen molar-refractivity contribution in [3.05, 3.63) is 23.3 Å². The number of hydrogen-bond donors (Lipinski definition) is 1. The maximum atomic E-state index is 5.80. The van der Waals surface area contributed by atoms with Crippen molar-refractivity contribution in [2.75, 3.05) is 33.6 Å². The summed E-state index contributed by atoms with van der Waals surface area (Å²) < 4.78 is 21.9. The molecule has 1 atom stereocenters. The molecule has 1 N–H and O–H groups in total. The molecule has 1 unspecified atom stereocenters. The van der Waals surface area contributed by atoms with E-state index in [9.17, 15) is 0 Å². The summed E-state index contributed by atoms with van der Waals surface area (Å²) in [7, 11) is 1.69. The first-order valence-electron chi connectivity index (χ1n) is 6.12. The van der Waals surface area contributed by atoms with Crippen LogP contribution in [0.5, 0.6) is 11.5 Å². The zero-order valence-corrected chi connectivity index (χ0v) is 10.4. The normalized spacial score (nSPS) is 22.2. The zero-order chi connectivity index (χ0) is 12.4. The second kappa shape index (κ2) is 5.14. The van der Waals surface area contributed by atoms with Gasteiger partial charge in [-0.3, -0.25) is 0 Å². The summed E-state index contributed by atoms with van der Waals surface area (Å²) in [5.74, 6) is 1.58. The van der Waals surface area contributed by atoms with Gasteiger partial charge < -0.3 is 24.3 Å². The highest BCUT2D eigenvalue weighted by molar-refractivity contribution is 5.49. The second-order valence-electron chi connectivity index (χ2n) is 4.40. The Labute approximate surface area is 106 Å². The van der Waals surface area contributed by atoms with Crippen LogP contribution in [-0.4, -0.2) is 33.6 Å². The monoisotopic (exact) mass is 251 g/mol. The Balaban J connectivity index is 1.94. The lowest BCUT2D eigenvalue weighted by Crippen LogP contribution is -2.33. The third-order valence-electron chi connectivity index (χ3n) is 3.21. The van der Waals surface area contributed by atoms with Gasteiger partial charge >= 0.3 is 0 Å². The Morgan fingerprint density at radius 2 is 2.17 bits per heavy atom. The lowest BCUT2D eigenvalue weighted by molar-refractivity contribution is 0.0260. The van der Waals surface area contributed by atoms with E-state index in [0.717, 1.165) is 42.3 Å². The fraction of sp³-hybridized carbons (Fsp3) is 0.538. The molecule has 1 aromatic carbocycles. The van der Waals surface area contributed by atoms with E-state index in [1.54, 1.807) is 7.11 Å². The fourth-order valence-corrected chi connectivity index (χ4v) is 2.35. The van der Waals surface area contributed by atoms with Crippen molar-refractivity contribution >= 4 is 0 Å². The summed E-state index contributed by atoms with van der Waals surface area (Å²) in [6.45, 7) is 3.28. The molecule has 0 radical (unpaired) electrons. The van der Waals surface area contributed by atoms with Crippen LogP contribution < -0.4 is 14.8 Å². The first-order valence-corrected chi connectivity index (χ1v) is 6.12. The van der Waals surface area contributed by atoms with Gasteiger partial charge in [-0.25, -0.2) is 0 Å². The molecule has 3 rings (SSSR count). The predicted octanol–water partition coefficient (Wildman–Crippen LogP) is 1.22. The van der Waals surface area contributed by atoms with Gasteiger partial charge in [0.2, 0.25) is 6.79 Å². The molecule has 0 amide bonds. The van der Waals surface area contributed by atoms with Crippen LogP contribution in [0.1, 0.15) is 17.2 Å². The molecule has 1 fully saturated rings. The standard InChI is InChI=1S/C13H17NO4/c1-15-7-9-4-11-12(18-8-17-11)5-10(9)13-6-14-2-3-16-13/h4-5,13-14H,2-3,6-8H2,1H3. The van der Waals surface area contributed by atoms with Gasteiger partial charge in [0, 0.05) is 20.2 Å². The van der Waals surface area contributed by atoms with Crippen LogP contribution in [0.4, 0.5) is 0 Å². The molecular weight excluding hydrogens is 234 g/mol. The minimum absolute atomic E-state index is 0.0541. The third kappa shape index (κ3) is 2.16. The Bertz CT molecular complexity index is 429. The first-order chi connectivity index (χ1) is 8.88. The van der Waals surface area contributed by atoms with Crippen LogP contribution in [0.3, 0.4) is 0 Å². The molecule has 0 aromatic heterocycles. The highest BCUT2D eigenvalue weighted by atomic mass is 16.7. The molecule has 1 aromatic rings. The summed E-state index contributed by atoms with van der Waals surface area (Å²) in [6, 6.07) is 3.99. The summed E-state index contributed by atoms with van der Waals surface area (Å²) in [5.41, 5.74) is 2.21. The molecule has 5 nitrogen and oxygen atoms in total. The molecule has 0 aliphatic carbocycles. The van der Waals surface area contributed by atoms with E-state index >= 15 is 0 Å². The molecule has 2 aliphatic heterocycles. The molecule has 5 heteroatoms. The van der Waals surface area contributed by atoms with Gasteiger partial charge in [0.05, 0.1) is 19.3 Å². The lowest BCUT2D eigenvalue weighted by Gasteiger charge is -2.26. The second-order valence-corrected chi connectivity index (χ2v) is 4.40. The van der Waals surface area contributed by atoms with Crippen LogP contribution in [0.2, 0.25) is 0 Å². The minimum Gasteiger partial charge on any atom is -0.454 e. The van der Waals surface area contributed by atoms with E-state index < -0.39 is 0 Å². The topological polar surface area (TPSA) is 49.0 Å². The summed E-state index contributed by atoms with van der Waals surface area (Å²) >= 11 is 0. The highest BCUT2D eigenvalue weighted by Crippen LogP contribution is 2.38. The molecule has 2 aliphatic rings. The SMILES string of the molecule is COCc1cc2c(cc1C1CNCCO1)OCO2. The maximum absolute atomic E-state index is 5.80. The number of fused-ring (bicyclic) bond motifs is 1. The molecule has 2 heterocycles. The van der Waals surface area contributed by atoms with Crippen LogP contribution in [0, 0.1) is 0 Å². The number of methoxy groups -OCH3 is 1. The Hall–Kier alpha value is -1.30.